The second kappa shape index (κ2) is 10.6. The number of morpholine rings is 1. The van der Waals surface area contributed by atoms with E-state index in [0.717, 1.165) is 52.4 Å². The van der Waals surface area contributed by atoms with Gasteiger partial charge >= 0.3 is 0 Å². The largest absolute Gasteiger partial charge is 0.379 e. The van der Waals surface area contributed by atoms with Gasteiger partial charge in [-0.05, 0) is 32.4 Å². The first-order chi connectivity index (χ1) is 8.74. The van der Waals surface area contributed by atoms with Crippen molar-refractivity contribution in [3.8, 4) is 0 Å². The van der Waals surface area contributed by atoms with Crippen molar-refractivity contribution in [1.82, 2.24) is 15.5 Å². The van der Waals surface area contributed by atoms with Crippen LogP contribution in [0.5, 0.6) is 0 Å². The maximum atomic E-state index is 11.9. The SMILES string of the molecule is CC(CN1CCOCC1)NC(=O)CC1CCNC1.Cl.Cl. The molecule has 7 heteroatoms. The Balaban J connectivity index is 0.00000180. The molecule has 20 heavy (non-hydrogen) atoms. The molecular weight excluding hydrogens is 301 g/mol. The van der Waals surface area contributed by atoms with E-state index in [9.17, 15) is 4.79 Å². The van der Waals surface area contributed by atoms with Gasteiger partial charge in [-0.2, -0.15) is 0 Å². The molecule has 0 aromatic rings. The van der Waals surface area contributed by atoms with Gasteiger partial charge in [0.2, 0.25) is 5.91 Å². The van der Waals surface area contributed by atoms with E-state index in [1.165, 1.54) is 0 Å². The van der Waals surface area contributed by atoms with Gasteiger partial charge in [0.15, 0.2) is 0 Å². The molecule has 0 saturated carbocycles. The van der Waals surface area contributed by atoms with E-state index in [0.29, 0.717) is 12.3 Å². The number of carbonyl (C=O) groups excluding carboxylic acids is 1. The van der Waals surface area contributed by atoms with Crippen molar-refractivity contribution in [2.24, 2.45) is 5.92 Å². The summed E-state index contributed by atoms with van der Waals surface area (Å²) >= 11 is 0. The predicted octanol–water partition coefficient (Wildman–Crippen LogP) is 0.666. The molecule has 0 spiro atoms. The summed E-state index contributed by atoms with van der Waals surface area (Å²) in [4.78, 5) is 14.2. The molecule has 0 aromatic heterocycles. The summed E-state index contributed by atoms with van der Waals surface area (Å²) in [5.74, 6) is 0.727. The zero-order chi connectivity index (χ0) is 12.8. The monoisotopic (exact) mass is 327 g/mol. The number of halogens is 2. The van der Waals surface area contributed by atoms with Crippen LogP contribution in [0.2, 0.25) is 0 Å². The van der Waals surface area contributed by atoms with Crippen LogP contribution in [0.4, 0.5) is 0 Å². The molecule has 2 rings (SSSR count). The highest BCUT2D eigenvalue weighted by molar-refractivity contribution is 5.85. The van der Waals surface area contributed by atoms with Crippen molar-refractivity contribution in [3.63, 3.8) is 0 Å². The number of nitrogens with one attached hydrogen (secondary N) is 2. The lowest BCUT2D eigenvalue weighted by atomic mass is 10.0. The molecule has 2 fully saturated rings. The van der Waals surface area contributed by atoms with Gasteiger partial charge in [-0.25, -0.2) is 0 Å². The van der Waals surface area contributed by atoms with Crippen LogP contribution in [0.3, 0.4) is 0 Å². The molecule has 2 aliphatic rings. The molecule has 5 nitrogen and oxygen atoms in total. The van der Waals surface area contributed by atoms with E-state index in [1.807, 2.05) is 0 Å². The van der Waals surface area contributed by atoms with Crippen LogP contribution in [0.15, 0.2) is 0 Å². The predicted molar refractivity (Wildman–Crippen MR) is 85.0 cm³/mol. The van der Waals surface area contributed by atoms with E-state index < -0.39 is 0 Å². The highest BCUT2D eigenvalue weighted by Crippen LogP contribution is 2.11. The van der Waals surface area contributed by atoms with Crippen molar-refractivity contribution < 1.29 is 9.53 Å². The van der Waals surface area contributed by atoms with Crippen LogP contribution in [0, 0.1) is 5.92 Å². The number of nitrogens with zero attached hydrogens (tertiary/aromatic N) is 1. The maximum Gasteiger partial charge on any atom is 0.220 e. The summed E-state index contributed by atoms with van der Waals surface area (Å²) < 4.78 is 5.32. The number of amides is 1. The summed E-state index contributed by atoms with van der Waals surface area (Å²) in [6.07, 6.45) is 1.80. The lowest BCUT2D eigenvalue weighted by Crippen LogP contribution is -2.46. The average Bonchev–Trinajstić information content (AvgIpc) is 2.82. The molecule has 0 aromatic carbocycles. The smallest absolute Gasteiger partial charge is 0.220 e. The highest BCUT2D eigenvalue weighted by Gasteiger charge is 2.20. The van der Waals surface area contributed by atoms with Gasteiger partial charge in [-0.3, -0.25) is 9.69 Å². The molecular formula is C13H27Cl2N3O2. The summed E-state index contributed by atoms with van der Waals surface area (Å²) in [6.45, 7) is 8.65. The molecule has 120 valence electrons. The number of ether oxygens (including phenoxy) is 1. The highest BCUT2D eigenvalue weighted by atomic mass is 35.5. The maximum absolute atomic E-state index is 11.9. The van der Waals surface area contributed by atoms with Gasteiger partial charge in [0.05, 0.1) is 13.2 Å². The Morgan fingerprint density at radius 2 is 2.10 bits per heavy atom. The molecule has 2 saturated heterocycles. The van der Waals surface area contributed by atoms with Crippen LogP contribution in [0.1, 0.15) is 19.8 Å². The number of rotatable bonds is 5. The second-order valence-electron chi connectivity index (χ2n) is 5.44. The van der Waals surface area contributed by atoms with E-state index in [-0.39, 0.29) is 36.8 Å². The Labute approximate surface area is 134 Å². The lowest BCUT2D eigenvalue weighted by molar-refractivity contribution is -0.122. The van der Waals surface area contributed by atoms with Crippen molar-refractivity contribution in [1.29, 1.82) is 0 Å². The fraction of sp³-hybridized carbons (Fsp3) is 0.923. The van der Waals surface area contributed by atoms with Gasteiger partial charge < -0.3 is 15.4 Å². The minimum absolute atomic E-state index is 0. The molecule has 2 aliphatic heterocycles. The van der Waals surface area contributed by atoms with Gasteiger partial charge in [0, 0.05) is 32.1 Å². The minimum atomic E-state index is 0. The first-order valence-electron chi connectivity index (χ1n) is 7.04. The Morgan fingerprint density at radius 3 is 2.70 bits per heavy atom. The van der Waals surface area contributed by atoms with E-state index >= 15 is 0 Å². The lowest BCUT2D eigenvalue weighted by Gasteiger charge is -2.29. The Kier molecular flexibility index (Phi) is 10.6. The molecule has 1 amide bonds. The van der Waals surface area contributed by atoms with Crippen molar-refractivity contribution in [2.45, 2.75) is 25.8 Å². The fourth-order valence-electron chi connectivity index (χ4n) is 2.70. The molecule has 2 unspecified atom stereocenters. The molecule has 2 heterocycles. The summed E-state index contributed by atoms with van der Waals surface area (Å²) in [5.41, 5.74) is 0. The van der Waals surface area contributed by atoms with Crippen LogP contribution < -0.4 is 10.6 Å². The third-order valence-electron chi connectivity index (χ3n) is 3.68. The van der Waals surface area contributed by atoms with Crippen molar-refractivity contribution >= 4 is 30.7 Å². The molecule has 0 bridgehead atoms. The summed E-state index contributed by atoms with van der Waals surface area (Å²) in [7, 11) is 0. The minimum Gasteiger partial charge on any atom is -0.379 e. The standard InChI is InChI=1S/C13H25N3O2.2ClH/c1-11(10-16-4-6-18-7-5-16)15-13(17)8-12-2-3-14-9-12;;/h11-12,14H,2-10H2,1H3,(H,15,17);2*1H. The molecule has 0 radical (unpaired) electrons. The number of carbonyl (C=O) groups is 1. The summed E-state index contributed by atoms with van der Waals surface area (Å²) in [5, 5.41) is 6.40. The van der Waals surface area contributed by atoms with Crippen LogP contribution in [0.25, 0.3) is 0 Å². The zero-order valence-electron chi connectivity index (χ0n) is 12.1. The van der Waals surface area contributed by atoms with Crippen LogP contribution >= 0.6 is 24.8 Å². The van der Waals surface area contributed by atoms with Crippen molar-refractivity contribution in [2.75, 3.05) is 45.9 Å². The third kappa shape index (κ3) is 7.09. The quantitative estimate of drug-likeness (QED) is 0.779. The van der Waals surface area contributed by atoms with Gasteiger partial charge in [-0.1, -0.05) is 0 Å². The van der Waals surface area contributed by atoms with Gasteiger partial charge in [0.25, 0.3) is 0 Å². The Bertz CT molecular complexity index is 270. The average molecular weight is 328 g/mol. The third-order valence-corrected chi connectivity index (χ3v) is 3.68. The topological polar surface area (TPSA) is 53.6 Å². The van der Waals surface area contributed by atoms with E-state index in [1.54, 1.807) is 0 Å². The second-order valence-corrected chi connectivity index (χ2v) is 5.44. The first-order valence-corrected chi connectivity index (χ1v) is 7.04. The zero-order valence-corrected chi connectivity index (χ0v) is 13.7. The fourth-order valence-corrected chi connectivity index (χ4v) is 2.70. The summed E-state index contributed by atoms with van der Waals surface area (Å²) in [6, 6.07) is 0.227. The van der Waals surface area contributed by atoms with Gasteiger partial charge in [0.1, 0.15) is 0 Å². The van der Waals surface area contributed by atoms with E-state index in [2.05, 4.69) is 22.5 Å². The van der Waals surface area contributed by atoms with Crippen LogP contribution in [-0.4, -0.2) is 62.8 Å². The number of hydrogen-bond donors (Lipinski definition) is 2. The van der Waals surface area contributed by atoms with E-state index in [4.69, 9.17) is 4.74 Å². The molecule has 0 aliphatic carbocycles. The van der Waals surface area contributed by atoms with Gasteiger partial charge in [-0.15, -0.1) is 24.8 Å². The molecule has 2 N–H and O–H groups in total. The van der Waals surface area contributed by atoms with Crippen LogP contribution in [-0.2, 0) is 9.53 Å². The molecule has 2 atom stereocenters. The van der Waals surface area contributed by atoms with Crippen molar-refractivity contribution in [3.05, 3.63) is 0 Å². The Morgan fingerprint density at radius 1 is 1.40 bits per heavy atom. The number of hydrogen-bond acceptors (Lipinski definition) is 4. The first kappa shape index (κ1) is 19.9. The normalized spacial score (nSPS) is 24.4. The Hall–Kier alpha value is -0.0700.